The van der Waals surface area contributed by atoms with E-state index in [1.807, 2.05) is 23.5 Å². The lowest BCUT2D eigenvalue weighted by atomic mass is 10.1. The summed E-state index contributed by atoms with van der Waals surface area (Å²) in [5, 5.41) is 19.0. The molecule has 0 aliphatic rings. The summed E-state index contributed by atoms with van der Waals surface area (Å²) in [5.41, 5.74) is 2.49. The fraction of sp³-hybridized carbons (Fsp3) is 0.263. The molecule has 3 aromatic heterocycles. The topological polar surface area (TPSA) is 85.4 Å². The highest BCUT2D eigenvalue weighted by atomic mass is 35.5. The number of fused-ring (bicyclic) bond motifs is 3. The van der Waals surface area contributed by atoms with Crippen molar-refractivity contribution in [1.29, 1.82) is 0 Å². The van der Waals surface area contributed by atoms with Crippen molar-refractivity contribution in [2.75, 3.05) is 6.61 Å². The van der Waals surface area contributed by atoms with Crippen molar-refractivity contribution < 1.29 is 9.84 Å². The molecule has 7 nitrogen and oxygen atoms in total. The van der Waals surface area contributed by atoms with Gasteiger partial charge >= 0.3 is 0 Å². The van der Waals surface area contributed by atoms with E-state index < -0.39 is 5.60 Å². The summed E-state index contributed by atoms with van der Waals surface area (Å²) in [6, 6.07) is 9.01. The number of benzene rings is 1. The smallest absolute Gasteiger partial charge is 0.184 e. The van der Waals surface area contributed by atoms with Crippen LogP contribution in [0.15, 0.2) is 36.5 Å². The maximum absolute atomic E-state index is 9.88. The van der Waals surface area contributed by atoms with E-state index in [4.69, 9.17) is 16.3 Å². The number of pyridine rings is 1. The predicted octanol–water partition coefficient (Wildman–Crippen LogP) is 3.45. The Hall–Kier alpha value is -2.77. The zero-order chi connectivity index (χ0) is 19.2. The Labute approximate surface area is 160 Å². The summed E-state index contributed by atoms with van der Waals surface area (Å²) in [6.45, 7) is 5.40. The number of hydrogen-bond donors (Lipinski definition) is 1. The van der Waals surface area contributed by atoms with Gasteiger partial charge in [-0.1, -0.05) is 11.6 Å². The van der Waals surface area contributed by atoms with Gasteiger partial charge in [0.1, 0.15) is 17.9 Å². The SMILES string of the molecule is Cc1nc2cccnc2n2c(-c3cc(OCC(C)(C)O)ccc3Cl)nnc12. The standard InChI is InChI=1S/C19H18ClN5O2/c1-11-16-23-24-17(25(16)18-15(22-11)5-4-8-21-18)13-9-12(6-7-14(13)20)27-10-19(2,3)26/h4-9,26H,10H2,1-3H3. The van der Waals surface area contributed by atoms with E-state index in [2.05, 4.69) is 20.2 Å². The molecule has 4 rings (SSSR count). The van der Waals surface area contributed by atoms with Crippen molar-refractivity contribution in [2.45, 2.75) is 26.4 Å². The Kier molecular flexibility index (Phi) is 4.20. The molecule has 0 fully saturated rings. The van der Waals surface area contributed by atoms with E-state index in [1.54, 1.807) is 38.2 Å². The fourth-order valence-electron chi connectivity index (χ4n) is 2.80. The van der Waals surface area contributed by atoms with Crippen LogP contribution >= 0.6 is 11.6 Å². The molecule has 0 unspecified atom stereocenters. The van der Waals surface area contributed by atoms with Crippen LogP contribution in [0.2, 0.25) is 5.02 Å². The number of ether oxygens (including phenoxy) is 1. The van der Waals surface area contributed by atoms with E-state index in [0.29, 0.717) is 33.5 Å². The third-order valence-corrected chi connectivity index (χ3v) is 4.35. The van der Waals surface area contributed by atoms with Gasteiger partial charge in [-0.25, -0.2) is 9.97 Å². The molecular weight excluding hydrogens is 366 g/mol. The van der Waals surface area contributed by atoms with Crippen LogP contribution in [0.25, 0.3) is 28.2 Å². The van der Waals surface area contributed by atoms with Crippen LogP contribution in [0, 0.1) is 6.92 Å². The van der Waals surface area contributed by atoms with Gasteiger partial charge in [-0.3, -0.25) is 4.40 Å². The molecule has 8 heteroatoms. The Morgan fingerprint density at radius 1 is 1.19 bits per heavy atom. The minimum absolute atomic E-state index is 0.155. The number of rotatable bonds is 4. The molecule has 0 saturated heterocycles. The molecule has 0 aliphatic heterocycles. The molecule has 0 atom stereocenters. The number of nitrogens with zero attached hydrogens (tertiary/aromatic N) is 5. The Bertz CT molecular complexity index is 1150. The number of aromatic nitrogens is 5. The maximum atomic E-state index is 9.88. The summed E-state index contributed by atoms with van der Waals surface area (Å²) in [7, 11) is 0. The summed E-state index contributed by atoms with van der Waals surface area (Å²) < 4.78 is 7.54. The van der Waals surface area contributed by atoms with Crippen molar-refractivity contribution in [2.24, 2.45) is 0 Å². The van der Waals surface area contributed by atoms with Crippen molar-refractivity contribution >= 4 is 28.4 Å². The third kappa shape index (κ3) is 3.31. The van der Waals surface area contributed by atoms with E-state index in [9.17, 15) is 5.11 Å². The molecule has 0 aliphatic carbocycles. The van der Waals surface area contributed by atoms with Gasteiger partial charge in [0, 0.05) is 11.8 Å². The first-order chi connectivity index (χ1) is 12.8. The van der Waals surface area contributed by atoms with E-state index in [-0.39, 0.29) is 6.61 Å². The molecule has 3 heterocycles. The molecule has 0 amide bonds. The molecule has 0 radical (unpaired) electrons. The van der Waals surface area contributed by atoms with Gasteiger partial charge in [-0.05, 0) is 51.1 Å². The van der Waals surface area contributed by atoms with Crippen LogP contribution in [0.1, 0.15) is 19.5 Å². The molecule has 0 bridgehead atoms. The lowest BCUT2D eigenvalue weighted by Gasteiger charge is -2.18. The highest BCUT2D eigenvalue weighted by Gasteiger charge is 2.19. The van der Waals surface area contributed by atoms with Gasteiger partial charge in [-0.15, -0.1) is 10.2 Å². The zero-order valence-corrected chi connectivity index (χ0v) is 15.9. The van der Waals surface area contributed by atoms with Gasteiger partial charge in [0.25, 0.3) is 0 Å². The molecule has 27 heavy (non-hydrogen) atoms. The van der Waals surface area contributed by atoms with Gasteiger partial charge in [0.05, 0.1) is 16.3 Å². The average molecular weight is 384 g/mol. The fourth-order valence-corrected chi connectivity index (χ4v) is 3.00. The second-order valence-electron chi connectivity index (χ2n) is 6.97. The molecule has 0 spiro atoms. The van der Waals surface area contributed by atoms with Gasteiger partial charge in [-0.2, -0.15) is 0 Å². The van der Waals surface area contributed by atoms with E-state index in [0.717, 1.165) is 11.2 Å². The monoisotopic (exact) mass is 383 g/mol. The van der Waals surface area contributed by atoms with Crippen molar-refractivity contribution in [3.8, 4) is 17.1 Å². The molecule has 1 aromatic carbocycles. The second kappa shape index (κ2) is 6.44. The normalized spacial score (nSPS) is 12.0. The van der Waals surface area contributed by atoms with Gasteiger partial charge in [0.15, 0.2) is 17.1 Å². The minimum Gasteiger partial charge on any atom is -0.491 e. The first-order valence-electron chi connectivity index (χ1n) is 8.45. The van der Waals surface area contributed by atoms with Crippen LogP contribution in [0.5, 0.6) is 5.75 Å². The lowest BCUT2D eigenvalue weighted by molar-refractivity contribution is 0.0285. The Morgan fingerprint density at radius 2 is 2.00 bits per heavy atom. The van der Waals surface area contributed by atoms with Crippen LogP contribution in [-0.2, 0) is 0 Å². The molecule has 4 aromatic rings. The summed E-state index contributed by atoms with van der Waals surface area (Å²) >= 11 is 6.45. The van der Waals surface area contributed by atoms with Crippen molar-refractivity contribution in [1.82, 2.24) is 24.6 Å². The maximum Gasteiger partial charge on any atom is 0.184 e. The van der Waals surface area contributed by atoms with Crippen LogP contribution in [0.3, 0.4) is 0 Å². The minimum atomic E-state index is -0.940. The average Bonchev–Trinajstić information content (AvgIpc) is 3.06. The summed E-state index contributed by atoms with van der Waals surface area (Å²) in [4.78, 5) is 8.98. The second-order valence-corrected chi connectivity index (χ2v) is 7.38. The summed E-state index contributed by atoms with van der Waals surface area (Å²) in [6.07, 6.45) is 1.70. The Balaban J connectivity index is 1.90. The van der Waals surface area contributed by atoms with E-state index >= 15 is 0 Å². The molecular formula is C19H18ClN5O2. The van der Waals surface area contributed by atoms with Crippen LogP contribution in [-0.4, -0.2) is 41.9 Å². The number of aryl methyl sites for hydroxylation is 1. The quantitative estimate of drug-likeness (QED) is 0.581. The van der Waals surface area contributed by atoms with Crippen molar-refractivity contribution in [3.05, 3.63) is 47.2 Å². The first kappa shape index (κ1) is 17.6. The first-order valence-corrected chi connectivity index (χ1v) is 8.83. The lowest BCUT2D eigenvalue weighted by Crippen LogP contribution is -2.27. The van der Waals surface area contributed by atoms with Crippen molar-refractivity contribution in [3.63, 3.8) is 0 Å². The van der Waals surface area contributed by atoms with Crippen LogP contribution < -0.4 is 4.74 Å². The largest absolute Gasteiger partial charge is 0.491 e. The highest BCUT2D eigenvalue weighted by Crippen LogP contribution is 2.32. The number of aliphatic hydroxyl groups is 1. The van der Waals surface area contributed by atoms with E-state index in [1.165, 1.54) is 0 Å². The number of hydrogen-bond acceptors (Lipinski definition) is 6. The summed E-state index contributed by atoms with van der Waals surface area (Å²) in [5.74, 6) is 1.13. The molecule has 138 valence electrons. The van der Waals surface area contributed by atoms with Gasteiger partial charge in [0.2, 0.25) is 0 Å². The third-order valence-electron chi connectivity index (χ3n) is 4.02. The Morgan fingerprint density at radius 3 is 2.78 bits per heavy atom. The molecule has 0 saturated carbocycles. The highest BCUT2D eigenvalue weighted by molar-refractivity contribution is 6.33. The van der Waals surface area contributed by atoms with Gasteiger partial charge < -0.3 is 9.84 Å². The predicted molar refractivity (Wildman–Crippen MR) is 103 cm³/mol. The van der Waals surface area contributed by atoms with Crippen LogP contribution in [0.4, 0.5) is 0 Å². The zero-order valence-electron chi connectivity index (χ0n) is 15.1. The molecule has 1 N–H and O–H groups in total. The number of halogens is 1.